The zero-order valence-corrected chi connectivity index (χ0v) is 10.1. The predicted molar refractivity (Wildman–Crippen MR) is 36.3 cm³/mol. The van der Waals surface area contributed by atoms with Crippen LogP contribution in [0.2, 0.25) is 0 Å². The first-order valence-electron chi connectivity index (χ1n) is 1.40. The Bertz CT molecular complexity index is 217. The molecular formula is H6O8S2Sr. The van der Waals surface area contributed by atoms with Gasteiger partial charge in [-0.3, -0.25) is 18.2 Å². The van der Waals surface area contributed by atoms with Crippen molar-refractivity contribution in [2.75, 3.05) is 0 Å². The zero-order valence-electron chi connectivity index (χ0n) is 6.95. The van der Waals surface area contributed by atoms with Crippen molar-refractivity contribution in [2.45, 2.75) is 0 Å². The van der Waals surface area contributed by atoms with Gasteiger partial charge in [0.05, 0.1) is 0 Å². The van der Waals surface area contributed by atoms with Crippen molar-refractivity contribution in [2.24, 2.45) is 0 Å². The second-order valence-electron chi connectivity index (χ2n) is 0.896. The molecule has 0 spiro atoms. The molecule has 0 saturated heterocycles. The van der Waals surface area contributed by atoms with Gasteiger partial charge < -0.3 is 2.85 Å². The first-order valence-corrected chi connectivity index (χ1v) is 4.19. The molecule has 0 bridgehead atoms. The Morgan fingerprint density at radius 2 is 0.727 bits per heavy atom. The van der Waals surface area contributed by atoms with E-state index < -0.39 is 20.8 Å². The Morgan fingerprint density at radius 3 is 0.727 bits per heavy atom. The fourth-order valence-electron chi connectivity index (χ4n) is 0. The minimum absolute atomic E-state index is 0. The molecule has 68 valence electrons. The van der Waals surface area contributed by atoms with E-state index in [0.717, 1.165) is 0 Å². The average Bonchev–Trinajstić information content (AvgIpc) is 1.12. The zero-order chi connectivity index (χ0) is 9.00. The van der Waals surface area contributed by atoms with Crippen molar-refractivity contribution >= 4 is 66.3 Å². The number of hydrogen-bond acceptors (Lipinski definition) is 4. The van der Waals surface area contributed by atoms with Crippen molar-refractivity contribution in [1.82, 2.24) is 0 Å². The molecule has 0 rings (SSSR count). The van der Waals surface area contributed by atoms with Crippen LogP contribution in [0.1, 0.15) is 2.85 Å². The molecule has 0 aromatic heterocycles. The minimum Gasteiger partial charge on any atom is -1.00 e. The Morgan fingerprint density at radius 1 is 0.727 bits per heavy atom. The molecule has 0 heterocycles. The van der Waals surface area contributed by atoms with E-state index in [1.54, 1.807) is 0 Å². The summed E-state index contributed by atoms with van der Waals surface area (Å²) in [6.45, 7) is 0. The van der Waals surface area contributed by atoms with Gasteiger partial charge in [0, 0.05) is 0 Å². The van der Waals surface area contributed by atoms with Crippen LogP contribution in [0.5, 0.6) is 0 Å². The third-order valence-corrected chi connectivity index (χ3v) is 0. The van der Waals surface area contributed by atoms with Crippen molar-refractivity contribution < 1.29 is 37.9 Å². The molecule has 0 unspecified atom stereocenters. The van der Waals surface area contributed by atoms with Gasteiger partial charge >= 0.3 is 66.3 Å². The number of rotatable bonds is 0. The van der Waals surface area contributed by atoms with E-state index in [2.05, 4.69) is 0 Å². The van der Waals surface area contributed by atoms with Crippen molar-refractivity contribution in [3.8, 4) is 0 Å². The van der Waals surface area contributed by atoms with E-state index in [1.165, 1.54) is 0 Å². The SMILES string of the molecule is O=S(=O)(O)O.O=S(=O)(O)O.[H-].[H-].[Sr+2]. The van der Waals surface area contributed by atoms with Crippen LogP contribution in [-0.4, -0.2) is 80.5 Å². The molecule has 0 atom stereocenters. The van der Waals surface area contributed by atoms with Crippen LogP contribution >= 0.6 is 0 Å². The molecule has 0 fully saturated rings. The maximum absolute atomic E-state index is 8.74. The first kappa shape index (κ1) is 18.1. The fourth-order valence-corrected chi connectivity index (χ4v) is 0. The van der Waals surface area contributed by atoms with Crippen molar-refractivity contribution in [3.05, 3.63) is 0 Å². The third kappa shape index (κ3) is 640. The van der Waals surface area contributed by atoms with Crippen LogP contribution < -0.4 is 0 Å². The molecular weight excluding hydrogens is 280 g/mol. The predicted octanol–water partition coefficient (Wildman–Crippen LogP) is -1.46. The second-order valence-corrected chi connectivity index (χ2v) is 2.69. The van der Waals surface area contributed by atoms with Crippen LogP contribution in [0.3, 0.4) is 0 Å². The molecule has 11 heteroatoms. The fraction of sp³-hybridized carbons (Fsp3) is 0. The summed E-state index contributed by atoms with van der Waals surface area (Å²) in [4.78, 5) is 0. The van der Waals surface area contributed by atoms with E-state index in [4.69, 9.17) is 35.0 Å². The van der Waals surface area contributed by atoms with Crippen molar-refractivity contribution in [1.29, 1.82) is 0 Å². The smallest absolute Gasteiger partial charge is 1.00 e. The summed E-state index contributed by atoms with van der Waals surface area (Å²) in [7, 11) is -9.33. The Hall–Kier alpha value is 1.22. The second kappa shape index (κ2) is 6.71. The molecule has 0 aliphatic rings. The van der Waals surface area contributed by atoms with Gasteiger partial charge in [-0.15, -0.1) is 0 Å². The van der Waals surface area contributed by atoms with Crippen LogP contribution in [0.25, 0.3) is 0 Å². The summed E-state index contributed by atoms with van der Waals surface area (Å²) in [6.07, 6.45) is 0. The van der Waals surface area contributed by atoms with Gasteiger partial charge in [-0.05, 0) is 0 Å². The first-order chi connectivity index (χ1) is 4.00. The van der Waals surface area contributed by atoms with E-state index in [-0.39, 0.29) is 48.3 Å². The van der Waals surface area contributed by atoms with Gasteiger partial charge in [0.25, 0.3) is 0 Å². The maximum atomic E-state index is 8.74. The van der Waals surface area contributed by atoms with Gasteiger partial charge in [-0.25, -0.2) is 0 Å². The molecule has 0 saturated carbocycles. The van der Waals surface area contributed by atoms with Crippen LogP contribution in [0, 0.1) is 0 Å². The maximum Gasteiger partial charge on any atom is 2.00 e. The standard InChI is InChI=1S/2H2O4S.Sr.2H/c2*1-5(2,3)4;;;/h2*(H2,1,2,3,4);;;/q;;+2;2*-1. The van der Waals surface area contributed by atoms with Gasteiger partial charge in [0.15, 0.2) is 0 Å². The van der Waals surface area contributed by atoms with E-state index in [1.807, 2.05) is 0 Å². The van der Waals surface area contributed by atoms with Gasteiger partial charge in [-0.1, -0.05) is 0 Å². The monoisotopic (exact) mass is 286 g/mol. The van der Waals surface area contributed by atoms with Crippen LogP contribution in [0.4, 0.5) is 0 Å². The quantitative estimate of drug-likeness (QED) is 0.311. The summed E-state index contributed by atoms with van der Waals surface area (Å²) >= 11 is 0. The molecule has 0 amide bonds. The van der Waals surface area contributed by atoms with E-state index in [9.17, 15) is 0 Å². The molecule has 4 N–H and O–H groups in total. The Kier molecular flexibility index (Phi) is 11.0. The Balaban J connectivity index is -0.0000000267. The topological polar surface area (TPSA) is 149 Å². The molecule has 0 aromatic carbocycles. The molecule has 0 aromatic rings. The summed E-state index contributed by atoms with van der Waals surface area (Å²) in [5, 5.41) is 0. The molecule has 0 aliphatic heterocycles. The van der Waals surface area contributed by atoms with Gasteiger partial charge in [0.1, 0.15) is 0 Å². The molecule has 0 radical (unpaired) electrons. The van der Waals surface area contributed by atoms with Gasteiger partial charge in [0.2, 0.25) is 0 Å². The minimum atomic E-state index is -4.67. The summed E-state index contributed by atoms with van der Waals surface area (Å²) in [6, 6.07) is 0. The van der Waals surface area contributed by atoms with Crippen LogP contribution in [-0.2, 0) is 20.8 Å². The summed E-state index contributed by atoms with van der Waals surface area (Å²) in [5.74, 6) is 0. The molecule has 0 aliphatic carbocycles. The van der Waals surface area contributed by atoms with Crippen molar-refractivity contribution in [3.63, 3.8) is 0 Å². The summed E-state index contributed by atoms with van der Waals surface area (Å²) < 4.78 is 63.2. The normalized spacial score (nSPS) is 10.5. The average molecular weight is 286 g/mol. The molecule has 8 nitrogen and oxygen atoms in total. The van der Waals surface area contributed by atoms with Gasteiger partial charge in [-0.2, -0.15) is 16.8 Å². The summed E-state index contributed by atoms with van der Waals surface area (Å²) in [5.41, 5.74) is 0. The molecule has 11 heavy (non-hydrogen) atoms. The van der Waals surface area contributed by atoms with Crippen LogP contribution in [0.15, 0.2) is 0 Å². The van der Waals surface area contributed by atoms with E-state index >= 15 is 0 Å². The van der Waals surface area contributed by atoms with E-state index in [0.29, 0.717) is 0 Å². The largest absolute Gasteiger partial charge is 2.00 e. The Labute approximate surface area is 103 Å². The third-order valence-electron chi connectivity index (χ3n) is 0. The number of hydrogen-bond donors (Lipinski definition) is 4.